The lowest BCUT2D eigenvalue weighted by Crippen LogP contribution is -2.45. The maximum absolute atomic E-state index is 16.7. The molecule has 56 heavy (non-hydrogen) atoms. The Morgan fingerprint density at radius 3 is 2.50 bits per heavy atom. The molecule has 1 aromatic heterocycles. The predicted molar refractivity (Wildman–Crippen MR) is 221 cm³/mol. The Bertz CT molecular complexity index is 2140. The highest BCUT2D eigenvalue weighted by Gasteiger charge is 2.66. The van der Waals surface area contributed by atoms with E-state index in [-0.39, 0.29) is 24.3 Å². The van der Waals surface area contributed by atoms with Gasteiger partial charge in [-0.25, -0.2) is 0 Å². The zero-order valence-corrected chi connectivity index (χ0v) is 34.4. The van der Waals surface area contributed by atoms with Gasteiger partial charge in [0.2, 0.25) is 14.3 Å². The number of carbonyl (C=O) groups is 2. The van der Waals surface area contributed by atoms with E-state index in [1.165, 1.54) is 11.1 Å². The number of fused-ring (bicyclic) bond motifs is 3. The van der Waals surface area contributed by atoms with Gasteiger partial charge in [0.25, 0.3) is 5.91 Å². The summed E-state index contributed by atoms with van der Waals surface area (Å²) in [6.45, 7) is 12.3. The molecule has 5 atom stereocenters. The molecule has 9 nitrogen and oxygen atoms in total. The number of halogens is 1. The zero-order chi connectivity index (χ0) is 39.8. The Balaban J connectivity index is 1.24. The van der Waals surface area contributed by atoms with Crippen molar-refractivity contribution in [3.05, 3.63) is 125 Å². The summed E-state index contributed by atoms with van der Waals surface area (Å²) in [4.78, 5) is 32.3. The third-order valence-corrected chi connectivity index (χ3v) is 14.4. The number of aliphatic hydroxyl groups is 1. The number of ether oxygens (including phenoxy) is 1. The largest absolute Gasteiger partial charge is 0.395 e. The van der Waals surface area contributed by atoms with Crippen LogP contribution < -0.4 is 9.80 Å². The number of hydrogen-bond acceptors (Lipinski definition) is 6. The summed E-state index contributed by atoms with van der Waals surface area (Å²) < 4.78 is 25.5. The van der Waals surface area contributed by atoms with Crippen molar-refractivity contribution >= 4 is 37.3 Å². The van der Waals surface area contributed by atoms with Gasteiger partial charge in [0, 0.05) is 48.4 Å². The summed E-state index contributed by atoms with van der Waals surface area (Å²) in [6.07, 6.45) is 8.86. The van der Waals surface area contributed by atoms with Crippen molar-refractivity contribution in [1.82, 2.24) is 15.0 Å². The topological polar surface area (TPSA) is 101 Å². The highest BCUT2D eigenvalue weighted by molar-refractivity contribution is 6.72. The Hall–Kier alpha value is -4.71. The number of aryl methyl sites for hydroxylation is 2. The molecule has 0 radical (unpaired) electrons. The number of benzene rings is 3. The molecule has 3 aliphatic rings. The van der Waals surface area contributed by atoms with Crippen LogP contribution in [-0.2, 0) is 32.9 Å². The molecule has 1 unspecified atom stereocenters. The molecule has 4 aromatic rings. The van der Waals surface area contributed by atoms with Crippen LogP contribution in [-0.4, -0.2) is 59.6 Å². The Morgan fingerprint density at radius 1 is 1.02 bits per heavy atom. The molecule has 1 spiro atoms. The molecular weight excluding hydrogens is 722 g/mol. The zero-order valence-electron chi connectivity index (χ0n) is 33.4. The standard InChI is InChI=1S/C45H54FN5O4Si/c1-30(2)13-12-14-31(3)23-26-50-40-21-20-35(51-39-18-11-10-17-34(39)19-22-42(51)53)27-37(40)45(44(50)54)32(4)43(56(5,6)46)41(55-45)24-25-49-28-38(47-48-49)36(29-52)33-15-8-7-9-16-33/h7-11,13,15-18,20-21,23,27-28,32,36,41,43,52H,12,14,19,22,24-26,29H2,1-6H3/b31-23+/t32-,36?,41+,43-,45+/m0/s1. The molecule has 4 heterocycles. The van der Waals surface area contributed by atoms with E-state index in [1.54, 1.807) is 27.6 Å². The molecule has 1 saturated heterocycles. The molecule has 0 aliphatic carbocycles. The Labute approximate surface area is 331 Å². The van der Waals surface area contributed by atoms with Gasteiger partial charge in [-0.05, 0) is 94.9 Å². The highest BCUT2D eigenvalue weighted by atomic mass is 28.4. The van der Waals surface area contributed by atoms with Crippen molar-refractivity contribution < 1.29 is 23.5 Å². The van der Waals surface area contributed by atoms with Crippen LogP contribution in [0, 0.1) is 5.92 Å². The number of anilines is 3. The van der Waals surface area contributed by atoms with Crippen LogP contribution in [0.15, 0.2) is 102 Å². The minimum absolute atomic E-state index is 0.00912. The minimum Gasteiger partial charge on any atom is -0.395 e. The lowest BCUT2D eigenvalue weighted by Gasteiger charge is -2.32. The maximum Gasteiger partial charge on any atom is 0.264 e. The van der Waals surface area contributed by atoms with E-state index in [0.29, 0.717) is 49.3 Å². The lowest BCUT2D eigenvalue weighted by molar-refractivity contribution is -0.145. The molecular formula is C45H54FN5O4Si. The Morgan fingerprint density at radius 2 is 1.77 bits per heavy atom. The summed E-state index contributed by atoms with van der Waals surface area (Å²) in [6, 6.07) is 23.4. The average Bonchev–Trinajstić information content (AvgIpc) is 3.83. The smallest absolute Gasteiger partial charge is 0.264 e. The van der Waals surface area contributed by atoms with E-state index in [4.69, 9.17) is 4.74 Å². The monoisotopic (exact) mass is 775 g/mol. The molecule has 2 amide bonds. The van der Waals surface area contributed by atoms with Crippen molar-refractivity contribution in [3.63, 3.8) is 0 Å². The second-order valence-electron chi connectivity index (χ2n) is 16.5. The van der Waals surface area contributed by atoms with Crippen LogP contribution in [0.5, 0.6) is 0 Å². The third-order valence-electron chi connectivity index (χ3n) is 11.9. The summed E-state index contributed by atoms with van der Waals surface area (Å²) in [5, 5.41) is 19.0. The van der Waals surface area contributed by atoms with Gasteiger partial charge in [0.05, 0.1) is 35.7 Å². The van der Waals surface area contributed by atoms with Crippen molar-refractivity contribution in [1.29, 1.82) is 0 Å². The second kappa shape index (κ2) is 16.0. The van der Waals surface area contributed by atoms with Crippen LogP contribution in [0.1, 0.15) is 81.7 Å². The number of para-hydroxylation sites is 1. The van der Waals surface area contributed by atoms with E-state index in [2.05, 4.69) is 49.3 Å². The molecule has 3 aromatic carbocycles. The fourth-order valence-corrected chi connectivity index (χ4v) is 11.7. The van der Waals surface area contributed by atoms with Gasteiger partial charge < -0.3 is 18.9 Å². The van der Waals surface area contributed by atoms with Crippen molar-refractivity contribution in [3.8, 4) is 0 Å². The first-order valence-electron chi connectivity index (χ1n) is 19.9. The number of allylic oxidation sites excluding steroid dienone is 3. The van der Waals surface area contributed by atoms with Crippen LogP contribution >= 0.6 is 0 Å². The summed E-state index contributed by atoms with van der Waals surface area (Å²) in [5.74, 6) is -1.01. The number of amides is 2. The van der Waals surface area contributed by atoms with E-state index in [0.717, 1.165) is 35.3 Å². The first kappa shape index (κ1) is 39.5. The number of aliphatic hydroxyl groups excluding tert-OH is 1. The van der Waals surface area contributed by atoms with Crippen molar-refractivity contribution in [2.75, 3.05) is 23.0 Å². The van der Waals surface area contributed by atoms with Crippen LogP contribution in [0.25, 0.3) is 0 Å². The average molecular weight is 776 g/mol. The van der Waals surface area contributed by atoms with Gasteiger partial charge in [-0.2, -0.15) is 0 Å². The number of hydrogen-bond donors (Lipinski definition) is 1. The van der Waals surface area contributed by atoms with E-state index in [9.17, 15) is 9.90 Å². The fraction of sp³-hybridized carbons (Fsp3) is 0.422. The number of nitrogens with zero attached hydrogens (tertiary/aromatic N) is 5. The third kappa shape index (κ3) is 7.44. The number of rotatable bonds is 13. The second-order valence-corrected chi connectivity index (χ2v) is 20.3. The van der Waals surface area contributed by atoms with Gasteiger partial charge in [0.1, 0.15) is 0 Å². The van der Waals surface area contributed by atoms with Crippen LogP contribution in [0.2, 0.25) is 18.6 Å². The number of carbonyl (C=O) groups excluding carboxylic acids is 2. The van der Waals surface area contributed by atoms with E-state index < -0.39 is 31.6 Å². The van der Waals surface area contributed by atoms with Crippen molar-refractivity contribution in [2.24, 2.45) is 5.92 Å². The molecule has 3 aliphatic heterocycles. The van der Waals surface area contributed by atoms with E-state index >= 15 is 8.90 Å². The molecule has 0 bridgehead atoms. The van der Waals surface area contributed by atoms with Crippen LogP contribution in [0.3, 0.4) is 0 Å². The predicted octanol–water partition coefficient (Wildman–Crippen LogP) is 8.92. The van der Waals surface area contributed by atoms with Gasteiger partial charge >= 0.3 is 0 Å². The first-order valence-corrected chi connectivity index (χ1v) is 22.9. The molecule has 1 N–H and O–H groups in total. The van der Waals surface area contributed by atoms with Gasteiger partial charge in [-0.3, -0.25) is 19.2 Å². The summed E-state index contributed by atoms with van der Waals surface area (Å²) >= 11 is 0. The maximum atomic E-state index is 16.7. The number of aromatic nitrogens is 3. The van der Waals surface area contributed by atoms with Crippen LogP contribution in [0.4, 0.5) is 21.2 Å². The Kier molecular flexibility index (Phi) is 11.3. The van der Waals surface area contributed by atoms with Crippen molar-refractivity contribution in [2.45, 2.75) is 103 Å². The summed E-state index contributed by atoms with van der Waals surface area (Å²) in [7, 11) is -3.44. The quantitative estimate of drug-likeness (QED) is 0.0828. The fourth-order valence-electron chi connectivity index (χ4n) is 9.17. The first-order chi connectivity index (χ1) is 26.8. The molecule has 0 saturated carbocycles. The normalized spacial score (nSPS) is 22.8. The SMILES string of the molecule is CC(C)=CCC/C(C)=C/CN1C(=O)[C@]2(O[C@H](CCn3cc(C(CO)c4ccccc4)nn3)[C@@H]([Si](C)(C)F)[C@@H]2C)c2cc(N3C(=O)CCc4ccccc43)ccc21. The minimum atomic E-state index is -3.44. The lowest BCUT2D eigenvalue weighted by atomic mass is 9.82. The molecule has 7 rings (SSSR count). The van der Waals surface area contributed by atoms with Gasteiger partial charge in [0.15, 0.2) is 5.60 Å². The van der Waals surface area contributed by atoms with E-state index in [1.807, 2.05) is 79.9 Å². The molecule has 11 heteroatoms. The molecule has 1 fully saturated rings. The molecule has 294 valence electrons. The summed E-state index contributed by atoms with van der Waals surface area (Å²) in [5.41, 5.74) is 6.11. The van der Waals surface area contributed by atoms with Gasteiger partial charge in [-0.15, -0.1) is 5.10 Å². The highest BCUT2D eigenvalue weighted by Crippen LogP contribution is 2.61. The van der Waals surface area contributed by atoms with Gasteiger partial charge in [-0.1, -0.05) is 84.0 Å².